The average molecular weight is 184 g/mol. The third-order valence-electron chi connectivity index (χ3n) is 1.44. The van der Waals surface area contributed by atoms with E-state index in [-0.39, 0.29) is 0 Å². The van der Waals surface area contributed by atoms with Gasteiger partial charge < -0.3 is 4.74 Å². The third kappa shape index (κ3) is 1.16. The van der Waals surface area contributed by atoms with E-state index in [1.54, 1.807) is 17.9 Å². The summed E-state index contributed by atoms with van der Waals surface area (Å²) in [6, 6.07) is 5.95. The average Bonchev–Trinajstić information content (AvgIpc) is 2.50. The lowest BCUT2D eigenvalue weighted by molar-refractivity contribution is 0.414. The summed E-state index contributed by atoms with van der Waals surface area (Å²) in [4.78, 5) is 1.19. The van der Waals surface area contributed by atoms with Gasteiger partial charge in [0, 0.05) is 11.0 Å². The van der Waals surface area contributed by atoms with Crippen molar-refractivity contribution in [3.8, 4) is 5.75 Å². The first-order valence-corrected chi connectivity index (χ1v) is 5.24. The van der Waals surface area contributed by atoms with Crippen molar-refractivity contribution in [1.82, 2.24) is 4.72 Å². The number of hydrogen-bond donors (Lipinski definition) is 0. The van der Waals surface area contributed by atoms with Crippen molar-refractivity contribution in [2.24, 2.45) is 0 Å². The Bertz CT molecular complexity index is 277. The van der Waals surface area contributed by atoms with Crippen molar-refractivity contribution < 1.29 is 4.74 Å². The number of nitrogens with zero attached hydrogens (tertiary/aromatic N) is 1. The normalized spacial score (nSPS) is 13.9. The third-order valence-corrected chi connectivity index (χ3v) is 3.26. The van der Waals surface area contributed by atoms with Gasteiger partial charge in [-0.3, -0.25) is 0 Å². The fraction of sp³-hybridized carbons (Fsp3) is 0.143. The zero-order chi connectivity index (χ0) is 7.68. The van der Waals surface area contributed by atoms with Crippen LogP contribution < -0.4 is 9.46 Å². The van der Waals surface area contributed by atoms with E-state index in [0.717, 1.165) is 11.4 Å². The van der Waals surface area contributed by atoms with Crippen molar-refractivity contribution in [3.05, 3.63) is 18.2 Å². The fourth-order valence-corrected chi connectivity index (χ4v) is 2.70. The van der Waals surface area contributed by atoms with Gasteiger partial charge in [-0.2, -0.15) is 4.72 Å². The molecule has 0 saturated heterocycles. The molecular weight excluding hydrogens is 178 g/mol. The Kier molecular flexibility index (Phi) is 1.87. The Hall–Kier alpha value is -0.480. The molecule has 1 aliphatic rings. The molecule has 2 rings (SSSR count). The van der Waals surface area contributed by atoms with Crippen molar-refractivity contribution >= 4 is 27.5 Å². The molecule has 0 fully saturated rings. The first kappa shape index (κ1) is 7.18. The lowest BCUT2D eigenvalue weighted by Crippen LogP contribution is -1.87. The molecule has 4 heteroatoms. The molecule has 0 aliphatic carbocycles. The molecule has 1 aromatic carbocycles. The maximum absolute atomic E-state index is 5.14. The van der Waals surface area contributed by atoms with Crippen LogP contribution in [-0.2, 0) is 0 Å². The van der Waals surface area contributed by atoms with E-state index < -0.39 is 0 Å². The number of hydrogen-bond acceptors (Lipinski definition) is 3. The lowest BCUT2D eigenvalue weighted by atomic mass is 10.3. The molecule has 1 heterocycles. The Morgan fingerprint density at radius 1 is 1.45 bits per heavy atom. The van der Waals surface area contributed by atoms with Crippen LogP contribution in [0.1, 0.15) is 0 Å². The van der Waals surface area contributed by atoms with Gasteiger partial charge >= 0.3 is 0 Å². The summed E-state index contributed by atoms with van der Waals surface area (Å²) < 4.78 is 9.36. The second-order valence-corrected chi connectivity index (χ2v) is 3.94. The molecule has 1 aromatic rings. The summed E-state index contributed by atoms with van der Waals surface area (Å²) in [6.45, 7) is 0. The highest BCUT2D eigenvalue weighted by Crippen LogP contribution is 2.48. The maximum atomic E-state index is 5.14. The van der Waals surface area contributed by atoms with Crippen LogP contribution in [0.25, 0.3) is 0 Å². The van der Waals surface area contributed by atoms with Crippen molar-refractivity contribution in [3.63, 3.8) is 0 Å². The minimum atomic E-state index is 0.861. The van der Waals surface area contributed by atoms with Gasteiger partial charge in [-0.25, -0.2) is 0 Å². The molecule has 2 nitrogen and oxygen atoms in total. The predicted octanol–water partition coefficient (Wildman–Crippen LogP) is 2.60. The van der Waals surface area contributed by atoms with E-state index in [1.165, 1.54) is 15.9 Å². The highest BCUT2D eigenvalue weighted by atomic mass is 33.1. The molecule has 1 aliphatic heterocycles. The number of rotatable bonds is 1. The van der Waals surface area contributed by atoms with Gasteiger partial charge in [0.2, 0.25) is 0 Å². The Balaban J connectivity index is 2.50. The van der Waals surface area contributed by atoms with Gasteiger partial charge in [0.15, 0.2) is 0 Å². The summed E-state index contributed by atoms with van der Waals surface area (Å²) in [7, 11) is 4.83. The van der Waals surface area contributed by atoms with Crippen LogP contribution in [0.3, 0.4) is 0 Å². The van der Waals surface area contributed by atoms with E-state index in [1.807, 2.05) is 18.2 Å². The molecule has 0 atom stereocenters. The van der Waals surface area contributed by atoms with Gasteiger partial charge in [-0.05, 0) is 22.9 Å². The highest BCUT2D eigenvalue weighted by molar-refractivity contribution is 8.76. The molecule has 0 amide bonds. The predicted molar refractivity (Wildman–Crippen MR) is 48.2 cm³/mol. The van der Waals surface area contributed by atoms with Gasteiger partial charge in [-0.1, -0.05) is 6.07 Å². The number of fused-ring (bicyclic) bond motifs is 1. The van der Waals surface area contributed by atoms with Gasteiger partial charge in [0.1, 0.15) is 11.4 Å². The van der Waals surface area contributed by atoms with E-state index >= 15 is 0 Å². The summed E-state index contributed by atoms with van der Waals surface area (Å²) in [6.07, 6.45) is 0. The summed E-state index contributed by atoms with van der Waals surface area (Å²) in [5, 5.41) is 0. The molecule has 0 aromatic heterocycles. The SMILES string of the molecule is COc1cccc2c1[N]SS2. The van der Waals surface area contributed by atoms with E-state index in [2.05, 4.69) is 4.72 Å². The van der Waals surface area contributed by atoms with E-state index in [9.17, 15) is 0 Å². The van der Waals surface area contributed by atoms with Crippen LogP contribution in [0.15, 0.2) is 23.1 Å². The minimum Gasteiger partial charge on any atom is -0.494 e. The zero-order valence-electron chi connectivity index (χ0n) is 5.90. The topological polar surface area (TPSA) is 23.3 Å². The number of benzene rings is 1. The molecule has 0 spiro atoms. The van der Waals surface area contributed by atoms with Crippen molar-refractivity contribution in [1.29, 1.82) is 0 Å². The summed E-state index contributed by atoms with van der Waals surface area (Å²) in [5.74, 6) is 0.861. The second kappa shape index (κ2) is 2.87. The van der Waals surface area contributed by atoms with Crippen LogP contribution in [0.2, 0.25) is 0 Å². The standard InChI is InChI=1S/C7H6NOS2/c1-9-5-3-2-4-6-7(5)8-11-10-6/h2-4H,1H3. The molecular formula is C7H6NOS2. The zero-order valence-corrected chi connectivity index (χ0v) is 7.54. The second-order valence-electron chi connectivity index (χ2n) is 2.06. The molecule has 1 radical (unpaired) electrons. The van der Waals surface area contributed by atoms with Crippen molar-refractivity contribution in [2.75, 3.05) is 7.11 Å². The number of ether oxygens (including phenoxy) is 1. The van der Waals surface area contributed by atoms with Gasteiger partial charge in [0.25, 0.3) is 0 Å². The monoisotopic (exact) mass is 184 g/mol. The smallest absolute Gasteiger partial charge is 0.146 e. The molecule has 0 unspecified atom stereocenters. The minimum absolute atomic E-state index is 0.861. The molecule has 57 valence electrons. The van der Waals surface area contributed by atoms with Gasteiger partial charge in [-0.15, -0.1) is 0 Å². The Labute approximate surface area is 73.2 Å². The van der Waals surface area contributed by atoms with E-state index in [4.69, 9.17) is 4.74 Å². The molecule has 0 bridgehead atoms. The van der Waals surface area contributed by atoms with Gasteiger partial charge in [0.05, 0.1) is 12.0 Å². The first-order valence-electron chi connectivity index (χ1n) is 3.13. The lowest BCUT2D eigenvalue weighted by Gasteiger charge is -2.02. The summed E-state index contributed by atoms with van der Waals surface area (Å²) in [5.41, 5.74) is 0.977. The first-order chi connectivity index (χ1) is 5.42. The molecule has 0 N–H and O–H groups in total. The van der Waals surface area contributed by atoms with Crippen LogP contribution in [0, 0.1) is 0 Å². The molecule has 11 heavy (non-hydrogen) atoms. The summed E-state index contributed by atoms with van der Waals surface area (Å²) >= 11 is 0. The van der Waals surface area contributed by atoms with E-state index in [0.29, 0.717) is 0 Å². The fourth-order valence-electron chi connectivity index (χ4n) is 0.920. The van der Waals surface area contributed by atoms with Crippen LogP contribution in [0.4, 0.5) is 5.69 Å². The number of methoxy groups -OCH3 is 1. The Morgan fingerprint density at radius 3 is 3.18 bits per heavy atom. The Morgan fingerprint density at radius 2 is 2.36 bits per heavy atom. The quantitative estimate of drug-likeness (QED) is 0.495. The van der Waals surface area contributed by atoms with Crippen LogP contribution in [-0.4, -0.2) is 7.11 Å². The van der Waals surface area contributed by atoms with Crippen molar-refractivity contribution in [2.45, 2.75) is 4.90 Å². The van der Waals surface area contributed by atoms with Crippen LogP contribution in [0.5, 0.6) is 5.75 Å². The maximum Gasteiger partial charge on any atom is 0.146 e. The van der Waals surface area contributed by atoms with Crippen LogP contribution >= 0.6 is 21.8 Å². The highest BCUT2D eigenvalue weighted by Gasteiger charge is 2.17. The molecule has 0 saturated carbocycles. The largest absolute Gasteiger partial charge is 0.494 e.